The predicted molar refractivity (Wildman–Crippen MR) is 156 cm³/mol. The Morgan fingerprint density at radius 2 is 1.11 bits per heavy atom. The molecule has 1 aromatic heterocycles. The first-order valence-corrected chi connectivity index (χ1v) is 16.7. The number of hydrogen-bond donors (Lipinski definition) is 2. The average Bonchev–Trinajstić information content (AvgIpc) is 3.50. The smallest absolute Gasteiger partial charge is 0.131 e. The fourth-order valence-corrected chi connectivity index (χ4v) is 9.07. The second-order valence-corrected chi connectivity index (χ2v) is 13.8. The van der Waals surface area contributed by atoms with Gasteiger partial charge in [-0.2, -0.15) is 0 Å². The van der Waals surface area contributed by atoms with Crippen molar-refractivity contribution in [3.63, 3.8) is 0 Å². The van der Waals surface area contributed by atoms with E-state index in [4.69, 9.17) is 0 Å². The van der Waals surface area contributed by atoms with E-state index in [1.807, 2.05) is 0 Å². The largest absolute Gasteiger partial charge is 0.384 e. The van der Waals surface area contributed by atoms with Gasteiger partial charge in [-0.05, 0) is 92.6 Å². The van der Waals surface area contributed by atoms with Crippen LogP contribution in [0.5, 0.6) is 0 Å². The lowest BCUT2D eigenvalue weighted by Crippen LogP contribution is -2.49. The Morgan fingerprint density at radius 3 is 1.51 bits per heavy atom. The first-order chi connectivity index (χ1) is 18.1. The van der Waals surface area contributed by atoms with Crippen LogP contribution in [0.1, 0.15) is 133 Å². The van der Waals surface area contributed by atoms with Crippen molar-refractivity contribution in [3.05, 3.63) is 28.0 Å². The molecule has 0 bridgehead atoms. The zero-order chi connectivity index (χ0) is 25.6. The van der Waals surface area contributed by atoms with Crippen molar-refractivity contribution in [2.45, 2.75) is 140 Å². The van der Waals surface area contributed by atoms with Gasteiger partial charge in [-0.1, -0.05) is 95.0 Å². The molecule has 0 atom stereocenters. The number of aliphatic hydroxyl groups is 2. The molecule has 0 aromatic carbocycles. The molecular weight excluding hydrogens is 472 g/mol. The summed E-state index contributed by atoms with van der Waals surface area (Å²) in [6.45, 7) is 0. The molecule has 4 fully saturated rings. The van der Waals surface area contributed by atoms with Crippen LogP contribution in [0.4, 0.5) is 0 Å². The molecule has 4 aliphatic rings. The van der Waals surface area contributed by atoms with Crippen LogP contribution in [0.2, 0.25) is 0 Å². The normalized spacial score (nSPS) is 24.5. The van der Waals surface area contributed by atoms with E-state index in [0.29, 0.717) is 0 Å². The average molecular weight is 523 g/mol. The van der Waals surface area contributed by atoms with Crippen LogP contribution in [0.3, 0.4) is 0 Å². The van der Waals surface area contributed by atoms with Gasteiger partial charge in [0.15, 0.2) is 0 Å². The summed E-state index contributed by atoms with van der Waals surface area (Å²) < 4.78 is 0. The summed E-state index contributed by atoms with van der Waals surface area (Å²) in [6.07, 6.45) is 25.9. The van der Waals surface area contributed by atoms with Gasteiger partial charge in [0.1, 0.15) is 11.2 Å². The highest BCUT2D eigenvalue weighted by Crippen LogP contribution is 2.48. The lowest BCUT2D eigenvalue weighted by molar-refractivity contribution is -0.0574. The molecular formula is C34H50O2S. The van der Waals surface area contributed by atoms with E-state index >= 15 is 0 Å². The van der Waals surface area contributed by atoms with E-state index in [0.717, 1.165) is 56.9 Å². The van der Waals surface area contributed by atoms with E-state index in [-0.39, 0.29) is 23.7 Å². The third-order valence-corrected chi connectivity index (χ3v) is 11.4. The first-order valence-electron chi connectivity index (χ1n) is 15.8. The van der Waals surface area contributed by atoms with Crippen molar-refractivity contribution in [2.24, 2.45) is 23.7 Å². The van der Waals surface area contributed by atoms with E-state index < -0.39 is 11.2 Å². The lowest BCUT2D eigenvalue weighted by Gasteiger charge is -2.46. The van der Waals surface area contributed by atoms with Crippen LogP contribution in [0.15, 0.2) is 23.1 Å². The van der Waals surface area contributed by atoms with Gasteiger partial charge in [-0.15, -0.1) is 11.3 Å². The first kappa shape index (κ1) is 27.5. The summed E-state index contributed by atoms with van der Waals surface area (Å²) in [6, 6.07) is 4.26. The number of thiophene rings is 1. The number of hydrogen-bond acceptors (Lipinski definition) is 3. The van der Waals surface area contributed by atoms with E-state index in [1.165, 1.54) is 81.9 Å². The Labute approximate surface area is 230 Å². The van der Waals surface area contributed by atoms with Crippen molar-refractivity contribution < 1.29 is 10.2 Å². The molecule has 1 aromatic rings. The standard InChI is InChI=1S/C34H50O2S/c35-33(27-14-5-1-6-15-27,28-16-7-2-8-17-28)24-23-31(26-32-22-13-25-37-32)34(36,29-18-9-3-10-19-29)30-20-11-4-12-21-30/h13,22,25-30,35-36H,1-12,14-21H2/b31-26+. The molecule has 0 saturated heterocycles. The molecule has 1 heterocycles. The molecule has 2 nitrogen and oxygen atoms in total. The molecule has 0 aliphatic heterocycles. The summed E-state index contributed by atoms with van der Waals surface area (Å²) in [5.41, 5.74) is -0.883. The second-order valence-electron chi connectivity index (χ2n) is 12.8. The van der Waals surface area contributed by atoms with Gasteiger partial charge in [0.25, 0.3) is 0 Å². The minimum absolute atomic E-state index is 0.275. The molecule has 4 aliphatic carbocycles. The van der Waals surface area contributed by atoms with Crippen molar-refractivity contribution in [2.75, 3.05) is 0 Å². The van der Waals surface area contributed by atoms with Crippen LogP contribution in [0.25, 0.3) is 6.08 Å². The summed E-state index contributed by atoms with van der Waals surface area (Å²) >= 11 is 1.73. The van der Waals surface area contributed by atoms with Crippen LogP contribution in [-0.2, 0) is 0 Å². The zero-order valence-electron chi connectivity index (χ0n) is 23.1. The van der Waals surface area contributed by atoms with Crippen molar-refractivity contribution in [1.82, 2.24) is 0 Å². The summed E-state index contributed by atoms with van der Waals surface area (Å²) in [5.74, 6) is 8.37. The fraction of sp³-hybridized carbons (Fsp3) is 0.765. The topological polar surface area (TPSA) is 40.5 Å². The van der Waals surface area contributed by atoms with Crippen molar-refractivity contribution >= 4 is 17.4 Å². The Bertz CT molecular complexity index is 875. The molecule has 3 heteroatoms. The lowest BCUT2D eigenvalue weighted by atomic mass is 9.62. The summed E-state index contributed by atoms with van der Waals surface area (Å²) in [4.78, 5) is 1.17. The van der Waals surface area contributed by atoms with E-state index in [2.05, 4.69) is 35.4 Å². The molecule has 0 unspecified atom stereocenters. The van der Waals surface area contributed by atoms with Gasteiger partial charge in [-0.3, -0.25) is 0 Å². The SMILES string of the molecule is OC(C#C/C(=C\c1cccs1)C(O)(C1CCCCC1)C1CCCCC1)(C1CCCCC1)C1CCCCC1. The van der Waals surface area contributed by atoms with Crippen LogP contribution >= 0.6 is 11.3 Å². The highest BCUT2D eigenvalue weighted by atomic mass is 32.1. The van der Waals surface area contributed by atoms with Crippen molar-refractivity contribution in [1.29, 1.82) is 0 Å². The van der Waals surface area contributed by atoms with E-state index in [1.54, 1.807) is 11.3 Å². The monoisotopic (exact) mass is 522 g/mol. The van der Waals surface area contributed by atoms with Gasteiger partial charge >= 0.3 is 0 Å². The maximum Gasteiger partial charge on any atom is 0.131 e. The zero-order valence-corrected chi connectivity index (χ0v) is 23.9. The predicted octanol–water partition coefficient (Wildman–Crippen LogP) is 8.92. The quantitative estimate of drug-likeness (QED) is 0.366. The Morgan fingerprint density at radius 1 is 0.676 bits per heavy atom. The highest BCUT2D eigenvalue weighted by Gasteiger charge is 2.48. The van der Waals surface area contributed by atoms with Crippen LogP contribution in [-0.4, -0.2) is 21.4 Å². The maximum atomic E-state index is 12.9. The van der Waals surface area contributed by atoms with Crippen LogP contribution in [0, 0.1) is 35.5 Å². The molecule has 204 valence electrons. The van der Waals surface area contributed by atoms with E-state index in [9.17, 15) is 10.2 Å². The minimum Gasteiger partial charge on any atom is -0.384 e. The Hall–Kier alpha value is -1.08. The third-order valence-electron chi connectivity index (χ3n) is 10.6. The van der Waals surface area contributed by atoms with Gasteiger partial charge in [-0.25, -0.2) is 0 Å². The molecule has 0 amide bonds. The molecule has 0 radical (unpaired) electrons. The molecule has 37 heavy (non-hydrogen) atoms. The summed E-state index contributed by atoms with van der Waals surface area (Å²) in [7, 11) is 0. The molecule has 2 N–H and O–H groups in total. The second kappa shape index (κ2) is 12.8. The van der Waals surface area contributed by atoms with Crippen molar-refractivity contribution in [3.8, 4) is 11.8 Å². The van der Waals surface area contributed by atoms with Gasteiger partial charge < -0.3 is 10.2 Å². The highest BCUT2D eigenvalue weighted by molar-refractivity contribution is 7.10. The van der Waals surface area contributed by atoms with Gasteiger partial charge in [0.2, 0.25) is 0 Å². The Kier molecular flexibility index (Phi) is 9.54. The third kappa shape index (κ3) is 6.23. The van der Waals surface area contributed by atoms with Crippen LogP contribution < -0.4 is 0 Å². The summed E-state index contributed by atoms with van der Waals surface area (Å²) in [5, 5.41) is 27.5. The number of rotatable bonds is 6. The molecule has 5 rings (SSSR count). The van der Waals surface area contributed by atoms with Gasteiger partial charge in [0.05, 0.1) is 0 Å². The minimum atomic E-state index is -0.921. The molecule has 0 spiro atoms. The maximum absolute atomic E-state index is 12.9. The van der Waals surface area contributed by atoms with Gasteiger partial charge in [0, 0.05) is 10.5 Å². The molecule has 4 saturated carbocycles. The Balaban J connectivity index is 1.57. The fourth-order valence-electron chi connectivity index (χ4n) is 8.42.